The third-order valence-corrected chi connectivity index (χ3v) is 3.49. The highest BCUT2D eigenvalue weighted by atomic mass is 16.1. The van der Waals surface area contributed by atoms with E-state index < -0.39 is 0 Å². The van der Waals surface area contributed by atoms with E-state index in [0.29, 0.717) is 5.56 Å². The summed E-state index contributed by atoms with van der Waals surface area (Å²) in [6.07, 6.45) is 0. The molecule has 0 heterocycles. The van der Waals surface area contributed by atoms with E-state index in [9.17, 15) is 4.79 Å². The van der Waals surface area contributed by atoms with E-state index in [0.717, 1.165) is 16.7 Å². The summed E-state index contributed by atoms with van der Waals surface area (Å²) in [5.74, 6) is 6.41. The molecule has 0 amide bonds. The molecule has 100 valence electrons. The van der Waals surface area contributed by atoms with Crippen molar-refractivity contribution in [3.05, 3.63) is 69.8 Å². The van der Waals surface area contributed by atoms with Crippen LogP contribution in [0.15, 0.2) is 36.4 Å². The minimum atomic E-state index is 0.0687. The highest BCUT2D eigenvalue weighted by Gasteiger charge is 2.02. The van der Waals surface area contributed by atoms with Crippen molar-refractivity contribution in [3.8, 4) is 11.8 Å². The van der Waals surface area contributed by atoms with E-state index in [-0.39, 0.29) is 5.78 Å². The van der Waals surface area contributed by atoms with E-state index in [1.165, 1.54) is 11.1 Å². The van der Waals surface area contributed by atoms with Crippen molar-refractivity contribution in [3.63, 3.8) is 0 Å². The maximum atomic E-state index is 11.4. The van der Waals surface area contributed by atoms with E-state index in [2.05, 4.69) is 37.8 Å². The van der Waals surface area contributed by atoms with Gasteiger partial charge in [-0.3, -0.25) is 4.79 Å². The van der Waals surface area contributed by atoms with Gasteiger partial charge in [0.2, 0.25) is 0 Å². The maximum absolute atomic E-state index is 11.4. The molecule has 2 aromatic carbocycles. The largest absolute Gasteiger partial charge is 0.295 e. The second-order valence-electron chi connectivity index (χ2n) is 5.13. The molecule has 2 aromatic rings. The molecule has 0 atom stereocenters. The summed E-state index contributed by atoms with van der Waals surface area (Å²) in [7, 11) is 0. The van der Waals surface area contributed by atoms with Crippen LogP contribution in [0, 0.1) is 32.6 Å². The standard InChI is InChI=1S/C19H18O/c1-13-5-7-17(11-15(13)3)8-10-18-12-19(16(4)20)9-6-14(18)2/h5-7,9,11-12H,1-4H3. The molecule has 0 aromatic heterocycles. The molecule has 0 radical (unpaired) electrons. The molecular weight excluding hydrogens is 244 g/mol. The predicted octanol–water partition coefficient (Wildman–Crippen LogP) is 4.21. The lowest BCUT2D eigenvalue weighted by molar-refractivity contribution is 0.101. The Bertz CT molecular complexity index is 727. The van der Waals surface area contributed by atoms with Gasteiger partial charge in [-0.1, -0.05) is 30.0 Å². The Hall–Kier alpha value is -2.33. The van der Waals surface area contributed by atoms with Crippen LogP contribution in [0.2, 0.25) is 0 Å². The Morgan fingerprint density at radius 3 is 2.20 bits per heavy atom. The first-order valence-corrected chi connectivity index (χ1v) is 6.68. The first-order valence-electron chi connectivity index (χ1n) is 6.68. The van der Waals surface area contributed by atoms with Crippen LogP contribution in [-0.2, 0) is 0 Å². The van der Waals surface area contributed by atoms with Crippen LogP contribution in [0.1, 0.15) is 45.1 Å². The van der Waals surface area contributed by atoms with Gasteiger partial charge >= 0.3 is 0 Å². The fraction of sp³-hybridized carbons (Fsp3) is 0.211. The van der Waals surface area contributed by atoms with E-state index in [1.807, 2.05) is 31.2 Å². The molecule has 2 rings (SSSR count). The SMILES string of the molecule is CC(=O)c1ccc(C)c(C#Cc2ccc(C)c(C)c2)c1. The third-order valence-electron chi connectivity index (χ3n) is 3.49. The van der Waals surface area contributed by atoms with Crippen LogP contribution in [-0.4, -0.2) is 5.78 Å². The van der Waals surface area contributed by atoms with Crippen molar-refractivity contribution in [1.29, 1.82) is 0 Å². The molecule has 1 heteroatoms. The molecule has 0 aliphatic carbocycles. The quantitative estimate of drug-likeness (QED) is 0.555. The molecule has 0 spiro atoms. The summed E-state index contributed by atoms with van der Waals surface area (Å²) in [6.45, 7) is 7.76. The number of carbonyl (C=O) groups excluding carboxylic acids is 1. The zero-order chi connectivity index (χ0) is 14.7. The monoisotopic (exact) mass is 262 g/mol. The molecule has 20 heavy (non-hydrogen) atoms. The van der Waals surface area contributed by atoms with Crippen molar-refractivity contribution in [1.82, 2.24) is 0 Å². The van der Waals surface area contributed by atoms with Gasteiger partial charge in [-0.15, -0.1) is 0 Å². The Balaban J connectivity index is 2.39. The number of hydrogen-bond donors (Lipinski definition) is 0. The molecule has 0 N–H and O–H groups in total. The first kappa shape index (κ1) is 14.1. The van der Waals surface area contributed by atoms with Gasteiger partial charge in [0.05, 0.1) is 0 Å². The summed E-state index contributed by atoms with van der Waals surface area (Å²) >= 11 is 0. The zero-order valence-electron chi connectivity index (χ0n) is 12.4. The van der Waals surface area contributed by atoms with Gasteiger partial charge in [0.15, 0.2) is 5.78 Å². The zero-order valence-corrected chi connectivity index (χ0v) is 12.4. The predicted molar refractivity (Wildman–Crippen MR) is 83.1 cm³/mol. The molecule has 0 bridgehead atoms. The highest BCUT2D eigenvalue weighted by molar-refractivity contribution is 5.94. The minimum absolute atomic E-state index is 0.0687. The molecular formula is C19H18O. The van der Waals surface area contributed by atoms with E-state index in [4.69, 9.17) is 0 Å². The molecule has 0 saturated carbocycles. The lowest BCUT2D eigenvalue weighted by Gasteiger charge is -2.01. The molecule has 0 fully saturated rings. The second kappa shape index (κ2) is 5.75. The molecule has 0 aliphatic heterocycles. The van der Waals surface area contributed by atoms with Crippen molar-refractivity contribution >= 4 is 5.78 Å². The van der Waals surface area contributed by atoms with Crippen molar-refractivity contribution in [2.24, 2.45) is 0 Å². The number of rotatable bonds is 1. The van der Waals surface area contributed by atoms with Crippen LogP contribution in [0.25, 0.3) is 0 Å². The summed E-state index contributed by atoms with van der Waals surface area (Å²) in [5, 5.41) is 0. The number of carbonyl (C=O) groups is 1. The summed E-state index contributed by atoms with van der Waals surface area (Å²) in [5.41, 5.74) is 6.22. The van der Waals surface area contributed by atoms with Crippen LogP contribution < -0.4 is 0 Å². The summed E-state index contributed by atoms with van der Waals surface area (Å²) in [4.78, 5) is 11.4. The molecule has 1 nitrogen and oxygen atoms in total. The number of Topliss-reactive ketones (excluding diaryl/α,β-unsaturated/α-hetero) is 1. The smallest absolute Gasteiger partial charge is 0.159 e. The third kappa shape index (κ3) is 3.16. The van der Waals surface area contributed by atoms with Crippen molar-refractivity contribution in [2.75, 3.05) is 0 Å². The van der Waals surface area contributed by atoms with E-state index in [1.54, 1.807) is 6.92 Å². The minimum Gasteiger partial charge on any atom is -0.295 e. The topological polar surface area (TPSA) is 17.1 Å². The van der Waals surface area contributed by atoms with Gasteiger partial charge in [-0.25, -0.2) is 0 Å². The van der Waals surface area contributed by atoms with Crippen LogP contribution in [0.5, 0.6) is 0 Å². The fourth-order valence-corrected chi connectivity index (χ4v) is 1.93. The lowest BCUT2D eigenvalue weighted by Crippen LogP contribution is -1.94. The number of hydrogen-bond acceptors (Lipinski definition) is 1. The normalized spacial score (nSPS) is 9.80. The Morgan fingerprint density at radius 2 is 1.55 bits per heavy atom. The van der Waals surface area contributed by atoms with Gasteiger partial charge in [-0.05, 0) is 62.6 Å². The summed E-state index contributed by atoms with van der Waals surface area (Å²) < 4.78 is 0. The van der Waals surface area contributed by atoms with Crippen molar-refractivity contribution < 1.29 is 4.79 Å². The summed E-state index contributed by atoms with van der Waals surface area (Å²) in [6, 6.07) is 11.9. The number of benzene rings is 2. The molecule has 0 aliphatic rings. The van der Waals surface area contributed by atoms with Gasteiger partial charge in [0.25, 0.3) is 0 Å². The Morgan fingerprint density at radius 1 is 0.850 bits per heavy atom. The second-order valence-corrected chi connectivity index (χ2v) is 5.13. The Labute approximate surface area is 120 Å². The van der Waals surface area contributed by atoms with Gasteiger partial charge in [0.1, 0.15) is 0 Å². The molecule has 0 unspecified atom stereocenters. The highest BCUT2D eigenvalue weighted by Crippen LogP contribution is 2.12. The fourth-order valence-electron chi connectivity index (χ4n) is 1.93. The maximum Gasteiger partial charge on any atom is 0.159 e. The van der Waals surface area contributed by atoms with Gasteiger partial charge in [-0.2, -0.15) is 0 Å². The molecule has 0 saturated heterocycles. The first-order chi connectivity index (χ1) is 9.47. The lowest BCUT2D eigenvalue weighted by atomic mass is 10.0. The van der Waals surface area contributed by atoms with Gasteiger partial charge in [0, 0.05) is 16.7 Å². The number of aryl methyl sites for hydroxylation is 3. The Kier molecular flexibility index (Phi) is 4.05. The van der Waals surface area contributed by atoms with Crippen molar-refractivity contribution in [2.45, 2.75) is 27.7 Å². The average Bonchev–Trinajstić information content (AvgIpc) is 2.41. The van der Waals surface area contributed by atoms with Crippen LogP contribution in [0.3, 0.4) is 0 Å². The average molecular weight is 262 g/mol. The van der Waals surface area contributed by atoms with Crippen LogP contribution in [0.4, 0.5) is 0 Å². The van der Waals surface area contributed by atoms with E-state index >= 15 is 0 Å². The van der Waals surface area contributed by atoms with Gasteiger partial charge < -0.3 is 0 Å². The number of ketones is 1. The van der Waals surface area contributed by atoms with Crippen LogP contribution >= 0.6 is 0 Å².